The monoisotopic (exact) mass is 292 g/mol. The standard InChI is InChI=1S/C17H12N2O3/c1-10-13-3-2-4-14(16(13)22-15(10)17(20)21)11-6-8-19-12(9-11)5-7-18-19/h2-9H,1H3,(H,20,21). The van der Waals surface area contributed by atoms with Crippen LogP contribution in [0.4, 0.5) is 0 Å². The molecule has 0 spiro atoms. The highest BCUT2D eigenvalue weighted by Gasteiger charge is 2.19. The Morgan fingerprint density at radius 2 is 2.14 bits per heavy atom. The molecule has 3 heterocycles. The predicted octanol–water partition coefficient (Wildman–Crippen LogP) is 3.75. The number of carboxylic acids is 1. The summed E-state index contributed by atoms with van der Waals surface area (Å²) in [7, 11) is 0. The molecule has 0 unspecified atom stereocenters. The molecular weight excluding hydrogens is 280 g/mol. The Kier molecular flexibility index (Phi) is 2.56. The summed E-state index contributed by atoms with van der Waals surface area (Å²) < 4.78 is 7.39. The topological polar surface area (TPSA) is 67.7 Å². The number of para-hydroxylation sites is 1. The SMILES string of the molecule is Cc1c(C(=O)O)oc2c(-c3ccn4nccc4c3)cccc12. The third-order valence-corrected chi connectivity index (χ3v) is 3.87. The number of aromatic carboxylic acids is 1. The van der Waals surface area contributed by atoms with Crippen LogP contribution in [0.25, 0.3) is 27.6 Å². The van der Waals surface area contributed by atoms with Gasteiger partial charge in [-0.15, -0.1) is 0 Å². The van der Waals surface area contributed by atoms with E-state index in [0.29, 0.717) is 11.1 Å². The van der Waals surface area contributed by atoms with Gasteiger partial charge < -0.3 is 9.52 Å². The molecule has 0 saturated carbocycles. The zero-order chi connectivity index (χ0) is 15.3. The molecule has 0 aliphatic rings. The number of fused-ring (bicyclic) bond motifs is 2. The van der Waals surface area contributed by atoms with E-state index in [-0.39, 0.29) is 5.76 Å². The number of furan rings is 1. The van der Waals surface area contributed by atoms with E-state index in [1.54, 1.807) is 17.6 Å². The van der Waals surface area contributed by atoms with E-state index in [1.165, 1.54) is 0 Å². The van der Waals surface area contributed by atoms with Gasteiger partial charge in [-0.3, -0.25) is 0 Å². The second-order valence-corrected chi connectivity index (χ2v) is 5.16. The van der Waals surface area contributed by atoms with Crippen LogP contribution in [0.5, 0.6) is 0 Å². The van der Waals surface area contributed by atoms with Crippen LogP contribution in [0.1, 0.15) is 16.1 Å². The third-order valence-electron chi connectivity index (χ3n) is 3.87. The molecule has 5 nitrogen and oxygen atoms in total. The van der Waals surface area contributed by atoms with Crippen LogP contribution >= 0.6 is 0 Å². The lowest BCUT2D eigenvalue weighted by Crippen LogP contribution is -1.94. The quantitative estimate of drug-likeness (QED) is 0.611. The molecule has 3 aromatic heterocycles. The Bertz CT molecular complexity index is 1030. The van der Waals surface area contributed by atoms with E-state index < -0.39 is 5.97 Å². The van der Waals surface area contributed by atoms with E-state index in [1.807, 2.05) is 42.6 Å². The Hall–Kier alpha value is -3.08. The van der Waals surface area contributed by atoms with Crippen molar-refractivity contribution in [1.29, 1.82) is 0 Å². The smallest absolute Gasteiger partial charge is 0.372 e. The second kappa shape index (κ2) is 4.46. The van der Waals surface area contributed by atoms with Gasteiger partial charge in [0.05, 0.1) is 5.52 Å². The minimum Gasteiger partial charge on any atom is -0.475 e. The van der Waals surface area contributed by atoms with Crippen molar-refractivity contribution in [1.82, 2.24) is 9.61 Å². The van der Waals surface area contributed by atoms with E-state index >= 15 is 0 Å². The maximum Gasteiger partial charge on any atom is 0.372 e. The van der Waals surface area contributed by atoms with Crippen molar-refractivity contribution >= 4 is 22.5 Å². The molecule has 0 atom stereocenters. The van der Waals surface area contributed by atoms with Gasteiger partial charge in [0.2, 0.25) is 5.76 Å². The largest absolute Gasteiger partial charge is 0.475 e. The lowest BCUT2D eigenvalue weighted by atomic mass is 10.0. The van der Waals surface area contributed by atoms with Crippen LogP contribution in [0.15, 0.2) is 53.2 Å². The normalized spacial score (nSPS) is 11.3. The third kappa shape index (κ3) is 1.72. The zero-order valence-electron chi connectivity index (χ0n) is 11.8. The van der Waals surface area contributed by atoms with Crippen LogP contribution in [0, 0.1) is 6.92 Å². The molecule has 0 bridgehead atoms. The number of aryl methyl sites for hydroxylation is 1. The van der Waals surface area contributed by atoms with Crippen LogP contribution in [-0.4, -0.2) is 20.7 Å². The highest BCUT2D eigenvalue weighted by molar-refractivity contribution is 6.00. The number of carboxylic acid groups (broad SMARTS) is 1. The molecule has 0 radical (unpaired) electrons. The number of aromatic nitrogens is 2. The van der Waals surface area contributed by atoms with Crippen molar-refractivity contribution in [3.8, 4) is 11.1 Å². The van der Waals surface area contributed by atoms with Gasteiger partial charge in [0, 0.05) is 28.9 Å². The lowest BCUT2D eigenvalue weighted by Gasteiger charge is -2.03. The maximum absolute atomic E-state index is 11.3. The summed E-state index contributed by atoms with van der Waals surface area (Å²) in [6.45, 7) is 1.76. The van der Waals surface area contributed by atoms with Gasteiger partial charge >= 0.3 is 5.97 Å². The van der Waals surface area contributed by atoms with Crippen molar-refractivity contribution in [2.75, 3.05) is 0 Å². The van der Waals surface area contributed by atoms with E-state index in [0.717, 1.165) is 22.0 Å². The number of benzene rings is 1. The van der Waals surface area contributed by atoms with E-state index in [4.69, 9.17) is 4.42 Å². The Morgan fingerprint density at radius 3 is 2.95 bits per heavy atom. The zero-order valence-corrected chi connectivity index (χ0v) is 11.8. The summed E-state index contributed by atoms with van der Waals surface area (Å²) in [4.78, 5) is 11.3. The molecule has 1 aromatic carbocycles. The first kappa shape index (κ1) is 12.6. The summed E-state index contributed by atoms with van der Waals surface area (Å²) in [5, 5.41) is 14.2. The number of hydrogen-bond acceptors (Lipinski definition) is 3. The van der Waals surface area contributed by atoms with Gasteiger partial charge in [-0.25, -0.2) is 9.31 Å². The van der Waals surface area contributed by atoms with Gasteiger partial charge in [0.1, 0.15) is 5.58 Å². The maximum atomic E-state index is 11.3. The van der Waals surface area contributed by atoms with Crippen LogP contribution in [-0.2, 0) is 0 Å². The summed E-state index contributed by atoms with van der Waals surface area (Å²) in [6.07, 6.45) is 3.61. The number of nitrogens with zero attached hydrogens (tertiary/aromatic N) is 2. The predicted molar refractivity (Wildman–Crippen MR) is 82.1 cm³/mol. The number of hydrogen-bond donors (Lipinski definition) is 1. The molecule has 5 heteroatoms. The molecular formula is C17H12N2O3. The first-order valence-corrected chi connectivity index (χ1v) is 6.84. The fourth-order valence-corrected chi connectivity index (χ4v) is 2.76. The molecule has 4 aromatic rings. The Balaban J connectivity index is 2.01. The highest BCUT2D eigenvalue weighted by atomic mass is 16.4. The summed E-state index contributed by atoms with van der Waals surface area (Å²) in [6, 6.07) is 11.6. The van der Waals surface area contributed by atoms with Crippen molar-refractivity contribution in [3.63, 3.8) is 0 Å². The number of rotatable bonds is 2. The van der Waals surface area contributed by atoms with Crippen molar-refractivity contribution in [2.24, 2.45) is 0 Å². The van der Waals surface area contributed by atoms with Crippen molar-refractivity contribution in [2.45, 2.75) is 6.92 Å². The summed E-state index contributed by atoms with van der Waals surface area (Å²) in [5.74, 6) is -1.06. The molecule has 22 heavy (non-hydrogen) atoms. The van der Waals surface area contributed by atoms with Crippen LogP contribution < -0.4 is 0 Å². The molecule has 108 valence electrons. The average molecular weight is 292 g/mol. The molecule has 1 N–H and O–H groups in total. The van der Waals surface area contributed by atoms with Crippen LogP contribution in [0.2, 0.25) is 0 Å². The Morgan fingerprint density at radius 1 is 1.27 bits per heavy atom. The van der Waals surface area contributed by atoms with E-state index in [2.05, 4.69) is 5.10 Å². The lowest BCUT2D eigenvalue weighted by molar-refractivity contribution is 0.0664. The minimum absolute atomic E-state index is 0.00659. The first-order valence-electron chi connectivity index (χ1n) is 6.84. The fourth-order valence-electron chi connectivity index (χ4n) is 2.76. The Labute approximate surface area is 125 Å². The van der Waals surface area contributed by atoms with Gasteiger partial charge in [-0.2, -0.15) is 5.10 Å². The first-order chi connectivity index (χ1) is 10.6. The van der Waals surface area contributed by atoms with E-state index in [9.17, 15) is 9.90 Å². The van der Waals surface area contributed by atoms with Crippen molar-refractivity contribution < 1.29 is 14.3 Å². The molecule has 0 saturated heterocycles. The molecule has 4 rings (SSSR count). The number of carbonyl (C=O) groups is 1. The summed E-state index contributed by atoms with van der Waals surface area (Å²) >= 11 is 0. The van der Waals surface area contributed by atoms with Crippen LogP contribution in [0.3, 0.4) is 0 Å². The van der Waals surface area contributed by atoms with Gasteiger partial charge in [0.25, 0.3) is 0 Å². The highest BCUT2D eigenvalue weighted by Crippen LogP contribution is 2.34. The second-order valence-electron chi connectivity index (χ2n) is 5.16. The molecule has 0 aliphatic heterocycles. The fraction of sp³-hybridized carbons (Fsp3) is 0.0588. The summed E-state index contributed by atoms with van der Waals surface area (Å²) in [5.41, 5.74) is 4.05. The number of pyridine rings is 1. The van der Waals surface area contributed by atoms with Gasteiger partial charge in [-0.1, -0.05) is 18.2 Å². The average Bonchev–Trinajstić information content (AvgIpc) is 3.11. The molecule has 0 amide bonds. The molecule has 0 fully saturated rings. The van der Waals surface area contributed by atoms with Gasteiger partial charge in [0.15, 0.2) is 0 Å². The molecule has 0 aliphatic carbocycles. The van der Waals surface area contributed by atoms with Gasteiger partial charge in [-0.05, 0) is 30.7 Å². The minimum atomic E-state index is -1.05. The van der Waals surface area contributed by atoms with Crippen molar-refractivity contribution in [3.05, 3.63) is 60.1 Å².